The van der Waals surface area contributed by atoms with Crippen LogP contribution in [0.4, 0.5) is 13.2 Å². The highest BCUT2D eigenvalue weighted by atomic mass is 32.1. The molecule has 1 aromatic carbocycles. The highest BCUT2D eigenvalue weighted by molar-refractivity contribution is 7.19. The molecule has 2 rings (SSSR count). The maximum atomic E-state index is 12.5. The summed E-state index contributed by atoms with van der Waals surface area (Å²) in [4.78, 5) is 9.83. The number of fused-ring (bicyclic) bond motifs is 1. The standard InChI is InChI=1S/C11H7F3O2S/c12-11(13,14)9-5-7-3-6(4-10(15)16)1-2-8(7)17-9/h1-3,5H,4H2,(H,15,16). The van der Waals surface area contributed by atoms with Crippen LogP contribution in [0.1, 0.15) is 10.4 Å². The minimum Gasteiger partial charge on any atom is -0.481 e. The van der Waals surface area contributed by atoms with Gasteiger partial charge in [-0.1, -0.05) is 6.07 Å². The quantitative estimate of drug-likeness (QED) is 0.896. The van der Waals surface area contributed by atoms with E-state index < -0.39 is 17.0 Å². The van der Waals surface area contributed by atoms with Crippen LogP contribution in [0.3, 0.4) is 0 Å². The number of carbonyl (C=O) groups is 1. The van der Waals surface area contributed by atoms with Crippen molar-refractivity contribution in [1.29, 1.82) is 0 Å². The number of benzene rings is 1. The first-order valence-corrected chi connectivity index (χ1v) is 5.49. The van der Waals surface area contributed by atoms with E-state index in [4.69, 9.17) is 5.11 Å². The number of rotatable bonds is 2. The average molecular weight is 260 g/mol. The SMILES string of the molecule is O=C(O)Cc1ccc2sc(C(F)(F)F)cc2c1. The van der Waals surface area contributed by atoms with Gasteiger partial charge in [0.2, 0.25) is 0 Å². The normalized spacial score (nSPS) is 11.9. The van der Waals surface area contributed by atoms with Gasteiger partial charge in [0.15, 0.2) is 0 Å². The molecule has 0 spiro atoms. The van der Waals surface area contributed by atoms with Gasteiger partial charge in [0.1, 0.15) is 4.88 Å². The molecule has 1 aromatic heterocycles. The van der Waals surface area contributed by atoms with Gasteiger partial charge in [-0.2, -0.15) is 13.2 Å². The molecule has 0 saturated carbocycles. The van der Waals surface area contributed by atoms with Crippen molar-refractivity contribution < 1.29 is 23.1 Å². The Balaban J connectivity index is 2.44. The maximum absolute atomic E-state index is 12.5. The van der Waals surface area contributed by atoms with E-state index in [1.165, 1.54) is 18.2 Å². The highest BCUT2D eigenvalue weighted by Crippen LogP contribution is 2.38. The third kappa shape index (κ3) is 2.58. The molecule has 0 aliphatic carbocycles. The Hall–Kier alpha value is -1.56. The van der Waals surface area contributed by atoms with Crippen molar-refractivity contribution in [3.05, 3.63) is 34.7 Å². The summed E-state index contributed by atoms with van der Waals surface area (Å²) in [6.45, 7) is 0. The minimum absolute atomic E-state index is 0.187. The zero-order valence-corrected chi connectivity index (χ0v) is 9.23. The Morgan fingerprint density at radius 3 is 2.59 bits per heavy atom. The lowest BCUT2D eigenvalue weighted by Gasteiger charge is -1.99. The average Bonchev–Trinajstić information content (AvgIpc) is 2.58. The summed E-state index contributed by atoms with van der Waals surface area (Å²) in [5.41, 5.74) is 0.497. The zero-order valence-electron chi connectivity index (χ0n) is 8.41. The minimum atomic E-state index is -4.35. The Kier molecular flexibility index (Phi) is 2.82. The number of aliphatic carboxylic acids is 1. The van der Waals surface area contributed by atoms with Crippen molar-refractivity contribution in [2.45, 2.75) is 12.6 Å². The van der Waals surface area contributed by atoms with E-state index in [-0.39, 0.29) is 6.42 Å². The number of carboxylic acids is 1. The molecule has 0 saturated heterocycles. The molecular formula is C11H7F3O2S. The Bertz CT molecular complexity index is 572. The lowest BCUT2D eigenvalue weighted by molar-refractivity contribution is -0.136. The maximum Gasteiger partial charge on any atom is 0.425 e. The van der Waals surface area contributed by atoms with Gasteiger partial charge >= 0.3 is 12.1 Å². The molecule has 0 bridgehead atoms. The lowest BCUT2D eigenvalue weighted by atomic mass is 10.1. The molecular weight excluding hydrogens is 253 g/mol. The van der Waals surface area contributed by atoms with Crippen molar-refractivity contribution >= 4 is 27.4 Å². The summed E-state index contributed by atoms with van der Waals surface area (Å²) in [7, 11) is 0. The summed E-state index contributed by atoms with van der Waals surface area (Å²) in [6.07, 6.45) is -4.54. The Labute approximate surface area is 98.3 Å². The summed E-state index contributed by atoms with van der Waals surface area (Å²) in [5, 5.41) is 9.03. The summed E-state index contributed by atoms with van der Waals surface area (Å²) >= 11 is 0.659. The van der Waals surface area contributed by atoms with Gasteiger partial charge < -0.3 is 5.11 Å². The summed E-state index contributed by atoms with van der Waals surface area (Å²) in [5.74, 6) is -1.00. The first-order chi connectivity index (χ1) is 7.86. The third-order valence-corrected chi connectivity index (χ3v) is 3.38. The molecule has 0 aliphatic rings. The fourth-order valence-corrected chi connectivity index (χ4v) is 2.43. The molecule has 2 aromatic rings. The Morgan fingerprint density at radius 2 is 2.00 bits per heavy atom. The number of alkyl halides is 3. The molecule has 1 heterocycles. The van der Waals surface area contributed by atoms with Gasteiger partial charge in [-0.3, -0.25) is 4.79 Å². The largest absolute Gasteiger partial charge is 0.481 e. The molecule has 90 valence electrons. The fraction of sp³-hybridized carbons (Fsp3) is 0.182. The highest BCUT2D eigenvalue weighted by Gasteiger charge is 2.32. The molecule has 17 heavy (non-hydrogen) atoms. The van der Waals surface area contributed by atoms with E-state index >= 15 is 0 Å². The first-order valence-electron chi connectivity index (χ1n) is 4.68. The van der Waals surface area contributed by atoms with E-state index in [2.05, 4.69) is 0 Å². The van der Waals surface area contributed by atoms with Gasteiger partial charge in [-0.15, -0.1) is 11.3 Å². The van der Waals surface area contributed by atoms with Crippen molar-refractivity contribution in [3.63, 3.8) is 0 Å². The van der Waals surface area contributed by atoms with Crippen LogP contribution in [-0.2, 0) is 17.4 Å². The molecule has 6 heteroatoms. The van der Waals surface area contributed by atoms with Crippen molar-refractivity contribution in [3.8, 4) is 0 Å². The van der Waals surface area contributed by atoms with Crippen LogP contribution >= 0.6 is 11.3 Å². The summed E-state index contributed by atoms with van der Waals surface area (Å²) in [6, 6.07) is 5.58. The van der Waals surface area contributed by atoms with Crippen molar-refractivity contribution in [1.82, 2.24) is 0 Å². The van der Waals surface area contributed by atoms with Gasteiger partial charge in [0.05, 0.1) is 6.42 Å². The van der Waals surface area contributed by atoms with Crippen molar-refractivity contribution in [2.24, 2.45) is 0 Å². The monoisotopic (exact) mass is 260 g/mol. The number of thiophene rings is 1. The Morgan fingerprint density at radius 1 is 1.29 bits per heavy atom. The second kappa shape index (κ2) is 4.03. The molecule has 0 atom stereocenters. The molecule has 2 nitrogen and oxygen atoms in total. The van der Waals surface area contributed by atoms with Crippen molar-refractivity contribution in [2.75, 3.05) is 0 Å². The van der Waals surface area contributed by atoms with Gasteiger partial charge in [0, 0.05) is 4.70 Å². The molecule has 1 N–H and O–H groups in total. The van der Waals surface area contributed by atoms with Gasteiger partial charge in [-0.05, 0) is 29.1 Å². The molecule has 0 aliphatic heterocycles. The number of carboxylic acid groups (broad SMARTS) is 1. The lowest BCUT2D eigenvalue weighted by Crippen LogP contribution is -2.00. The summed E-state index contributed by atoms with van der Waals surface area (Å²) < 4.78 is 37.9. The van der Waals surface area contributed by atoms with Gasteiger partial charge in [-0.25, -0.2) is 0 Å². The van der Waals surface area contributed by atoms with Crippen LogP contribution in [0.25, 0.3) is 10.1 Å². The second-order valence-electron chi connectivity index (χ2n) is 3.55. The van der Waals surface area contributed by atoms with E-state index in [1.54, 1.807) is 0 Å². The predicted molar refractivity (Wildman–Crippen MR) is 58.2 cm³/mol. The van der Waals surface area contributed by atoms with E-state index in [9.17, 15) is 18.0 Å². The fourth-order valence-electron chi connectivity index (χ4n) is 1.52. The number of hydrogen-bond donors (Lipinski definition) is 1. The number of halogens is 3. The van der Waals surface area contributed by atoms with Crippen LogP contribution in [0, 0.1) is 0 Å². The topological polar surface area (TPSA) is 37.3 Å². The number of hydrogen-bond acceptors (Lipinski definition) is 2. The van der Waals surface area contributed by atoms with Crippen LogP contribution in [0.5, 0.6) is 0 Å². The van der Waals surface area contributed by atoms with E-state index in [1.807, 2.05) is 0 Å². The molecule has 0 radical (unpaired) electrons. The predicted octanol–water partition coefficient (Wildman–Crippen LogP) is 3.55. The van der Waals surface area contributed by atoms with E-state index in [0.717, 1.165) is 6.07 Å². The second-order valence-corrected chi connectivity index (χ2v) is 4.63. The third-order valence-electron chi connectivity index (χ3n) is 2.22. The smallest absolute Gasteiger partial charge is 0.425 e. The molecule has 0 amide bonds. The zero-order chi connectivity index (χ0) is 12.6. The van der Waals surface area contributed by atoms with Crippen LogP contribution in [0.15, 0.2) is 24.3 Å². The first kappa shape index (κ1) is 11.9. The van der Waals surface area contributed by atoms with Crippen LogP contribution in [-0.4, -0.2) is 11.1 Å². The van der Waals surface area contributed by atoms with Crippen LogP contribution in [0.2, 0.25) is 0 Å². The molecule has 0 fully saturated rings. The van der Waals surface area contributed by atoms with Crippen LogP contribution < -0.4 is 0 Å². The van der Waals surface area contributed by atoms with Gasteiger partial charge in [0.25, 0.3) is 0 Å². The van der Waals surface area contributed by atoms with E-state index in [0.29, 0.717) is 27.0 Å². The molecule has 0 unspecified atom stereocenters.